The Morgan fingerprint density at radius 2 is 1.83 bits per heavy atom. The number of hydrogen-bond acceptors (Lipinski definition) is 4. The van der Waals surface area contributed by atoms with E-state index in [4.69, 9.17) is 4.74 Å². The molecular formula is C25H27N2O3+. The fraction of sp³-hybridized carbons (Fsp3) is 0.320. The summed E-state index contributed by atoms with van der Waals surface area (Å²) in [7, 11) is 0. The van der Waals surface area contributed by atoms with Crippen molar-refractivity contribution < 1.29 is 19.3 Å². The van der Waals surface area contributed by atoms with Crippen molar-refractivity contribution in [2.45, 2.75) is 26.7 Å². The number of esters is 1. The van der Waals surface area contributed by atoms with Crippen LogP contribution >= 0.6 is 0 Å². The number of fused-ring (bicyclic) bond motifs is 1. The smallest absolute Gasteiger partial charge is 0.309 e. The van der Waals surface area contributed by atoms with Gasteiger partial charge in [-0.25, -0.2) is 4.98 Å². The van der Waals surface area contributed by atoms with Crippen LogP contribution in [0.3, 0.4) is 0 Å². The zero-order chi connectivity index (χ0) is 21.1. The Labute approximate surface area is 176 Å². The van der Waals surface area contributed by atoms with Gasteiger partial charge in [0.15, 0.2) is 6.20 Å². The molecular weight excluding hydrogens is 376 g/mol. The Hall–Kier alpha value is -3.21. The third kappa shape index (κ3) is 3.92. The molecule has 4 rings (SSSR count). The second kappa shape index (κ2) is 8.66. The van der Waals surface area contributed by atoms with Crippen LogP contribution in [0.25, 0.3) is 10.9 Å². The molecule has 2 aromatic carbocycles. The zero-order valence-corrected chi connectivity index (χ0v) is 17.5. The highest BCUT2D eigenvalue weighted by atomic mass is 16.5. The van der Waals surface area contributed by atoms with E-state index in [0.717, 1.165) is 35.0 Å². The Bertz CT molecular complexity index is 1070. The van der Waals surface area contributed by atoms with Crippen LogP contribution in [0.1, 0.15) is 41.3 Å². The molecule has 0 bridgehead atoms. The number of nitrogens with zero attached hydrogens (tertiary/aromatic N) is 1. The lowest BCUT2D eigenvalue weighted by Gasteiger charge is -2.33. The van der Waals surface area contributed by atoms with E-state index in [1.807, 2.05) is 43.5 Å². The van der Waals surface area contributed by atoms with Crippen molar-refractivity contribution in [2.75, 3.05) is 24.6 Å². The molecule has 1 N–H and O–H groups in total. The molecule has 0 saturated carbocycles. The van der Waals surface area contributed by atoms with Gasteiger partial charge >= 0.3 is 5.97 Å². The summed E-state index contributed by atoms with van der Waals surface area (Å²) in [6.45, 7) is 5.73. The van der Waals surface area contributed by atoms with Crippen molar-refractivity contribution in [3.05, 3.63) is 71.4 Å². The fourth-order valence-corrected chi connectivity index (χ4v) is 4.20. The number of aromatic nitrogens is 1. The van der Waals surface area contributed by atoms with E-state index in [1.165, 1.54) is 0 Å². The molecule has 154 valence electrons. The number of benzene rings is 2. The van der Waals surface area contributed by atoms with Crippen LogP contribution in [-0.4, -0.2) is 31.4 Å². The van der Waals surface area contributed by atoms with Crippen molar-refractivity contribution in [3.8, 4) is 0 Å². The molecule has 0 aliphatic carbocycles. The Morgan fingerprint density at radius 1 is 1.10 bits per heavy atom. The third-order valence-electron chi connectivity index (χ3n) is 5.77. The minimum absolute atomic E-state index is 0.00206. The zero-order valence-electron chi connectivity index (χ0n) is 17.5. The van der Waals surface area contributed by atoms with Gasteiger partial charge in [0.2, 0.25) is 11.3 Å². The Balaban J connectivity index is 1.74. The van der Waals surface area contributed by atoms with Gasteiger partial charge < -0.3 is 9.64 Å². The summed E-state index contributed by atoms with van der Waals surface area (Å²) in [5.41, 5.74) is 4.41. The number of hydrogen-bond donors (Lipinski definition) is 0. The van der Waals surface area contributed by atoms with Crippen molar-refractivity contribution in [1.82, 2.24) is 0 Å². The molecule has 2 heterocycles. The highest BCUT2D eigenvalue weighted by Gasteiger charge is 2.30. The molecule has 0 atom stereocenters. The van der Waals surface area contributed by atoms with E-state index in [1.54, 1.807) is 0 Å². The minimum atomic E-state index is -0.111. The van der Waals surface area contributed by atoms with Crippen molar-refractivity contribution in [2.24, 2.45) is 5.92 Å². The highest BCUT2D eigenvalue weighted by molar-refractivity contribution is 6.15. The molecule has 1 aromatic heterocycles. The van der Waals surface area contributed by atoms with Gasteiger partial charge in [0.1, 0.15) is 5.56 Å². The topological polar surface area (TPSA) is 60.8 Å². The second-order valence-corrected chi connectivity index (χ2v) is 7.81. The first-order chi connectivity index (χ1) is 14.6. The predicted octanol–water partition coefficient (Wildman–Crippen LogP) is 3.97. The number of pyridine rings is 1. The molecule has 3 aromatic rings. The molecule has 1 aliphatic rings. The van der Waals surface area contributed by atoms with Crippen molar-refractivity contribution >= 4 is 28.3 Å². The van der Waals surface area contributed by atoms with E-state index >= 15 is 0 Å². The molecule has 1 fully saturated rings. The van der Waals surface area contributed by atoms with Crippen LogP contribution in [0.2, 0.25) is 0 Å². The summed E-state index contributed by atoms with van der Waals surface area (Å²) < 4.78 is 5.21. The first-order valence-electron chi connectivity index (χ1n) is 10.5. The van der Waals surface area contributed by atoms with Crippen LogP contribution in [0.15, 0.2) is 54.7 Å². The summed E-state index contributed by atoms with van der Waals surface area (Å²) in [6, 6.07) is 15.6. The molecule has 0 amide bonds. The van der Waals surface area contributed by atoms with E-state index < -0.39 is 0 Å². The quantitative estimate of drug-likeness (QED) is 0.478. The molecule has 0 spiro atoms. The number of H-pyrrole nitrogens is 1. The number of nitrogens with one attached hydrogen (secondary N) is 1. The molecule has 0 radical (unpaired) electrons. The third-order valence-corrected chi connectivity index (χ3v) is 5.77. The number of aromatic amines is 1. The van der Waals surface area contributed by atoms with Gasteiger partial charge in [-0.15, -0.1) is 0 Å². The lowest BCUT2D eigenvalue weighted by Crippen LogP contribution is -2.38. The van der Waals surface area contributed by atoms with Gasteiger partial charge in [-0.3, -0.25) is 9.59 Å². The maximum absolute atomic E-state index is 13.4. The van der Waals surface area contributed by atoms with E-state index in [9.17, 15) is 9.59 Å². The number of carbonyl (C=O) groups is 2. The van der Waals surface area contributed by atoms with Crippen LogP contribution < -0.4 is 9.88 Å². The normalized spacial score (nSPS) is 14.7. The first kappa shape index (κ1) is 20.1. The fourth-order valence-electron chi connectivity index (χ4n) is 4.20. The lowest BCUT2D eigenvalue weighted by molar-refractivity contribution is -0.344. The molecule has 30 heavy (non-hydrogen) atoms. The number of piperidine rings is 1. The molecule has 0 unspecified atom stereocenters. The monoisotopic (exact) mass is 403 g/mol. The van der Waals surface area contributed by atoms with Crippen LogP contribution in [0, 0.1) is 12.8 Å². The lowest BCUT2D eigenvalue weighted by atomic mass is 9.94. The molecule has 5 nitrogen and oxygen atoms in total. The van der Waals surface area contributed by atoms with Gasteiger partial charge in [0, 0.05) is 24.7 Å². The van der Waals surface area contributed by atoms with E-state index in [0.29, 0.717) is 30.8 Å². The standard InChI is InChI=1S/C25H26N2O3/c1-3-30-25(29)19-11-13-27(14-12-19)23-20-15-17(2)9-10-22(20)26-16-21(23)24(28)18-7-5-4-6-8-18/h4-10,15-16,19H,3,11-14H2,1-2H3/p+1. The average molecular weight is 404 g/mol. The number of carbonyl (C=O) groups excluding carboxylic acids is 2. The predicted molar refractivity (Wildman–Crippen MR) is 117 cm³/mol. The number of ether oxygens (including phenoxy) is 1. The number of rotatable bonds is 5. The highest BCUT2D eigenvalue weighted by Crippen LogP contribution is 2.33. The largest absolute Gasteiger partial charge is 0.466 e. The summed E-state index contributed by atoms with van der Waals surface area (Å²) in [5.74, 6) is -0.185. The summed E-state index contributed by atoms with van der Waals surface area (Å²) in [4.78, 5) is 31.1. The Morgan fingerprint density at radius 3 is 2.53 bits per heavy atom. The van der Waals surface area contributed by atoms with Gasteiger partial charge in [0.05, 0.1) is 23.6 Å². The summed E-state index contributed by atoms with van der Waals surface area (Å²) in [6.07, 6.45) is 3.27. The van der Waals surface area contributed by atoms with Crippen molar-refractivity contribution in [3.63, 3.8) is 0 Å². The van der Waals surface area contributed by atoms with Crippen molar-refractivity contribution in [1.29, 1.82) is 0 Å². The van der Waals surface area contributed by atoms with E-state index in [-0.39, 0.29) is 17.7 Å². The number of ketones is 1. The van der Waals surface area contributed by atoms with Gasteiger partial charge in [0.25, 0.3) is 0 Å². The number of aryl methyl sites for hydroxylation is 1. The SMILES string of the molecule is CCOC(=O)C1CCN(c2c(C(=O)c3ccccc3)c[nH+]c3ccc(C)cc23)CC1. The van der Waals surface area contributed by atoms with Crippen LogP contribution in [0.4, 0.5) is 5.69 Å². The van der Waals surface area contributed by atoms with Gasteiger partial charge in [-0.2, -0.15) is 0 Å². The Kier molecular flexibility index (Phi) is 5.79. The molecule has 1 aliphatic heterocycles. The molecule has 5 heteroatoms. The maximum Gasteiger partial charge on any atom is 0.309 e. The minimum Gasteiger partial charge on any atom is -0.466 e. The average Bonchev–Trinajstić information content (AvgIpc) is 2.78. The first-order valence-corrected chi connectivity index (χ1v) is 10.5. The maximum atomic E-state index is 13.4. The van der Waals surface area contributed by atoms with Gasteiger partial charge in [-0.1, -0.05) is 36.4 Å². The second-order valence-electron chi connectivity index (χ2n) is 7.81. The summed E-state index contributed by atoms with van der Waals surface area (Å²) >= 11 is 0. The number of anilines is 1. The van der Waals surface area contributed by atoms with Gasteiger partial charge in [-0.05, 0) is 38.3 Å². The van der Waals surface area contributed by atoms with Crippen LogP contribution in [-0.2, 0) is 9.53 Å². The van der Waals surface area contributed by atoms with Crippen LogP contribution in [0.5, 0.6) is 0 Å². The molecule has 1 saturated heterocycles. The summed E-state index contributed by atoms with van der Waals surface area (Å²) in [5, 5.41) is 1.03. The van der Waals surface area contributed by atoms with E-state index in [2.05, 4.69) is 35.0 Å².